The van der Waals surface area contributed by atoms with Gasteiger partial charge in [0, 0.05) is 6.54 Å². The number of hydrogen-bond donors (Lipinski definition) is 2. The smallest absolute Gasteiger partial charge is 0.262 e. The Morgan fingerprint density at radius 1 is 1.29 bits per heavy atom. The van der Waals surface area contributed by atoms with Crippen molar-refractivity contribution in [1.82, 2.24) is 0 Å². The summed E-state index contributed by atoms with van der Waals surface area (Å²) in [6.45, 7) is 2.28. The number of ether oxygens (including phenoxy) is 1. The molecular formula is C16H18N2O3. The van der Waals surface area contributed by atoms with Gasteiger partial charge >= 0.3 is 0 Å². The third kappa shape index (κ3) is 2.91. The van der Waals surface area contributed by atoms with Crippen LogP contribution in [-0.4, -0.2) is 24.7 Å². The fourth-order valence-electron chi connectivity index (χ4n) is 2.12. The van der Waals surface area contributed by atoms with Gasteiger partial charge in [0.05, 0.1) is 24.0 Å². The first-order chi connectivity index (χ1) is 10.1. The van der Waals surface area contributed by atoms with Crippen molar-refractivity contribution < 1.29 is 14.6 Å². The Hall–Kier alpha value is -2.69. The average Bonchev–Trinajstić information content (AvgIpc) is 2.50. The monoisotopic (exact) mass is 286 g/mol. The predicted octanol–water partition coefficient (Wildman–Crippen LogP) is 2.65. The zero-order valence-electron chi connectivity index (χ0n) is 12.0. The highest BCUT2D eigenvalue weighted by molar-refractivity contribution is 6.09. The quantitative estimate of drug-likeness (QED) is 0.847. The Morgan fingerprint density at radius 2 is 2.00 bits per heavy atom. The predicted molar refractivity (Wildman–Crippen MR) is 82.9 cm³/mol. The van der Waals surface area contributed by atoms with E-state index in [4.69, 9.17) is 10.5 Å². The summed E-state index contributed by atoms with van der Waals surface area (Å²) in [7, 11) is 1.51. The van der Waals surface area contributed by atoms with E-state index in [2.05, 4.69) is 0 Å². The van der Waals surface area contributed by atoms with E-state index in [1.54, 1.807) is 24.3 Å². The second-order valence-corrected chi connectivity index (χ2v) is 4.49. The molecule has 5 heteroatoms. The van der Waals surface area contributed by atoms with Crippen LogP contribution in [0.4, 0.5) is 11.4 Å². The van der Waals surface area contributed by atoms with Gasteiger partial charge in [0.2, 0.25) is 0 Å². The third-order valence-corrected chi connectivity index (χ3v) is 3.22. The molecule has 2 aromatic carbocycles. The third-order valence-electron chi connectivity index (χ3n) is 3.22. The lowest BCUT2D eigenvalue weighted by Crippen LogP contribution is -2.31. The minimum absolute atomic E-state index is 0.0891. The van der Waals surface area contributed by atoms with Gasteiger partial charge in [-0.1, -0.05) is 12.1 Å². The fourth-order valence-corrected chi connectivity index (χ4v) is 2.12. The van der Waals surface area contributed by atoms with Crippen molar-refractivity contribution in [2.75, 3.05) is 24.3 Å². The van der Waals surface area contributed by atoms with Crippen LogP contribution in [0.1, 0.15) is 17.3 Å². The van der Waals surface area contributed by atoms with E-state index in [0.717, 1.165) is 0 Å². The summed E-state index contributed by atoms with van der Waals surface area (Å²) in [6.07, 6.45) is 0. The molecule has 0 fully saturated rings. The summed E-state index contributed by atoms with van der Waals surface area (Å²) in [5.74, 6) is 0.0915. The molecule has 0 aliphatic carbocycles. The molecule has 0 saturated carbocycles. The number of nitrogens with zero attached hydrogens (tertiary/aromatic N) is 1. The van der Waals surface area contributed by atoms with Gasteiger partial charge < -0.3 is 20.5 Å². The first-order valence-corrected chi connectivity index (χ1v) is 6.61. The molecule has 0 spiro atoms. The van der Waals surface area contributed by atoms with E-state index in [0.29, 0.717) is 23.7 Å². The number of phenols is 1. The number of hydrogen-bond acceptors (Lipinski definition) is 4. The lowest BCUT2D eigenvalue weighted by molar-refractivity contribution is 0.0985. The van der Waals surface area contributed by atoms with Crippen molar-refractivity contribution in [3.8, 4) is 11.5 Å². The maximum Gasteiger partial charge on any atom is 0.262 e. The lowest BCUT2D eigenvalue weighted by Gasteiger charge is -2.23. The van der Waals surface area contributed by atoms with Gasteiger partial charge in [-0.25, -0.2) is 0 Å². The number of phenolic OH excluding ortho intramolecular Hbond substituents is 1. The first kappa shape index (κ1) is 14.7. The second kappa shape index (κ2) is 6.17. The van der Waals surface area contributed by atoms with Crippen molar-refractivity contribution in [1.29, 1.82) is 0 Å². The van der Waals surface area contributed by atoms with Crippen LogP contribution < -0.4 is 15.4 Å². The molecule has 21 heavy (non-hydrogen) atoms. The zero-order valence-corrected chi connectivity index (χ0v) is 12.0. The molecule has 0 unspecified atom stereocenters. The minimum atomic E-state index is -0.327. The molecule has 0 radical (unpaired) electrons. The number of carbonyl (C=O) groups is 1. The number of aromatic hydroxyl groups is 1. The number of para-hydroxylation sites is 2. The van der Waals surface area contributed by atoms with Gasteiger partial charge in [-0.15, -0.1) is 0 Å². The van der Waals surface area contributed by atoms with Crippen LogP contribution in [0.3, 0.4) is 0 Å². The minimum Gasteiger partial charge on any atom is -0.507 e. The highest BCUT2D eigenvalue weighted by atomic mass is 16.5. The Bertz CT molecular complexity index is 656. The van der Waals surface area contributed by atoms with Gasteiger partial charge in [0.1, 0.15) is 11.5 Å². The number of anilines is 2. The van der Waals surface area contributed by atoms with E-state index in [9.17, 15) is 9.90 Å². The highest BCUT2D eigenvalue weighted by Gasteiger charge is 2.21. The van der Waals surface area contributed by atoms with Crippen molar-refractivity contribution >= 4 is 17.3 Å². The van der Waals surface area contributed by atoms with Crippen LogP contribution in [-0.2, 0) is 0 Å². The molecule has 0 saturated heterocycles. The van der Waals surface area contributed by atoms with Crippen LogP contribution in [0.15, 0.2) is 42.5 Å². The zero-order chi connectivity index (χ0) is 15.4. The van der Waals surface area contributed by atoms with Crippen LogP contribution in [0, 0.1) is 0 Å². The fraction of sp³-hybridized carbons (Fsp3) is 0.188. The van der Waals surface area contributed by atoms with Crippen molar-refractivity contribution in [2.24, 2.45) is 0 Å². The molecule has 2 rings (SSSR count). The van der Waals surface area contributed by atoms with E-state index in [-0.39, 0.29) is 17.2 Å². The molecule has 0 aliphatic heterocycles. The Kier molecular flexibility index (Phi) is 4.33. The van der Waals surface area contributed by atoms with E-state index in [1.807, 2.05) is 13.0 Å². The largest absolute Gasteiger partial charge is 0.507 e. The van der Waals surface area contributed by atoms with Crippen molar-refractivity contribution in [3.63, 3.8) is 0 Å². The standard InChI is InChI=1S/C16H18N2O3/c1-3-18(14-7-5-4-6-13(14)17)16(20)12-10-11(21-2)8-9-15(12)19/h4-10,19H,3,17H2,1-2H3. The maximum atomic E-state index is 12.7. The highest BCUT2D eigenvalue weighted by Crippen LogP contribution is 2.28. The molecule has 0 aliphatic rings. The van der Waals surface area contributed by atoms with Gasteiger partial charge in [0.15, 0.2) is 0 Å². The molecule has 2 aromatic rings. The number of carbonyl (C=O) groups excluding carboxylic acids is 1. The molecule has 0 aromatic heterocycles. The molecule has 0 bridgehead atoms. The second-order valence-electron chi connectivity index (χ2n) is 4.49. The Balaban J connectivity index is 2.44. The summed E-state index contributed by atoms with van der Waals surface area (Å²) in [6, 6.07) is 11.7. The Labute approximate surface area is 123 Å². The van der Waals surface area contributed by atoms with E-state index in [1.165, 1.54) is 24.1 Å². The number of methoxy groups -OCH3 is 1. The van der Waals surface area contributed by atoms with Crippen molar-refractivity contribution in [3.05, 3.63) is 48.0 Å². The van der Waals surface area contributed by atoms with Gasteiger partial charge in [-0.3, -0.25) is 4.79 Å². The van der Waals surface area contributed by atoms with Gasteiger partial charge in [-0.05, 0) is 37.3 Å². The summed E-state index contributed by atoms with van der Waals surface area (Å²) >= 11 is 0. The molecule has 5 nitrogen and oxygen atoms in total. The summed E-state index contributed by atoms with van der Waals surface area (Å²) in [5.41, 5.74) is 7.23. The Morgan fingerprint density at radius 3 is 2.62 bits per heavy atom. The van der Waals surface area contributed by atoms with Crippen molar-refractivity contribution in [2.45, 2.75) is 6.92 Å². The van der Waals surface area contributed by atoms with Gasteiger partial charge in [-0.2, -0.15) is 0 Å². The SMILES string of the molecule is CCN(C(=O)c1cc(OC)ccc1O)c1ccccc1N. The molecule has 0 atom stereocenters. The number of benzene rings is 2. The summed E-state index contributed by atoms with van der Waals surface area (Å²) in [5, 5.41) is 9.93. The van der Waals surface area contributed by atoms with Gasteiger partial charge in [0.25, 0.3) is 5.91 Å². The van der Waals surface area contributed by atoms with Crippen LogP contribution in [0.2, 0.25) is 0 Å². The average molecular weight is 286 g/mol. The maximum absolute atomic E-state index is 12.7. The number of rotatable bonds is 4. The van der Waals surface area contributed by atoms with Crippen LogP contribution >= 0.6 is 0 Å². The molecule has 0 heterocycles. The number of nitrogen functional groups attached to an aromatic ring is 1. The van der Waals surface area contributed by atoms with Crippen LogP contribution in [0.5, 0.6) is 11.5 Å². The summed E-state index contributed by atoms with van der Waals surface area (Å²) < 4.78 is 5.10. The van der Waals surface area contributed by atoms with E-state index >= 15 is 0 Å². The van der Waals surface area contributed by atoms with E-state index < -0.39 is 0 Å². The number of amides is 1. The molecule has 110 valence electrons. The lowest BCUT2D eigenvalue weighted by atomic mass is 10.1. The topological polar surface area (TPSA) is 75.8 Å². The molecule has 3 N–H and O–H groups in total. The molecule has 1 amide bonds. The van der Waals surface area contributed by atoms with Crippen LogP contribution in [0.25, 0.3) is 0 Å². The summed E-state index contributed by atoms with van der Waals surface area (Å²) in [4.78, 5) is 14.2. The first-order valence-electron chi connectivity index (χ1n) is 6.61. The molecular weight excluding hydrogens is 268 g/mol. The normalized spacial score (nSPS) is 10.2. The number of nitrogens with two attached hydrogens (primary N) is 1.